The second-order valence-electron chi connectivity index (χ2n) is 6.35. The maximum atomic E-state index is 11.8. The Labute approximate surface area is 141 Å². The third kappa shape index (κ3) is 9.82. The van der Waals surface area contributed by atoms with Crippen LogP contribution in [-0.4, -0.2) is 25.6 Å². The minimum Gasteiger partial charge on any atom is -0.493 e. The van der Waals surface area contributed by atoms with Crippen LogP contribution in [0.3, 0.4) is 0 Å². The van der Waals surface area contributed by atoms with Crippen LogP contribution in [0.5, 0.6) is 5.75 Å². The van der Waals surface area contributed by atoms with Gasteiger partial charge in [-0.15, -0.1) is 0 Å². The van der Waals surface area contributed by atoms with Gasteiger partial charge in [0.1, 0.15) is 5.75 Å². The van der Waals surface area contributed by atoms with Crippen molar-refractivity contribution in [3.05, 3.63) is 24.3 Å². The second-order valence-corrected chi connectivity index (χ2v) is 6.35. The Morgan fingerprint density at radius 2 is 1.96 bits per heavy atom. The summed E-state index contributed by atoms with van der Waals surface area (Å²) in [6.07, 6.45) is 6.04. The Kier molecular flexibility index (Phi) is 9.92. The Balaban J connectivity index is 2.21. The van der Waals surface area contributed by atoms with Crippen molar-refractivity contribution in [1.82, 2.24) is 5.32 Å². The van der Waals surface area contributed by atoms with Gasteiger partial charge in [0.25, 0.3) is 0 Å². The molecule has 130 valence electrons. The molecular weight excluding hydrogens is 288 g/mol. The van der Waals surface area contributed by atoms with Crippen LogP contribution < -0.4 is 15.4 Å². The first-order valence-corrected chi connectivity index (χ1v) is 8.85. The normalized spacial score (nSPS) is 10.6. The van der Waals surface area contributed by atoms with E-state index in [9.17, 15) is 4.79 Å². The van der Waals surface area contributed by atoms with E-state index in [1.165, 1.54) is 25.7 Å². The average molecular weight is 320 g/mol. The van der Waals surface area contributed by atoms with Gasteiger partial charge in [0, 0.05) is 18.3 Å². The van der Waals surface area contributed by atoms with Gasteiger partial charge in [0.2, 0.25) is 5.91 Å². The van der Waals surface area contributed by atoms with E-state index in [4.69, 9.17) is 4.74 Å². The molecular formula is C19H32N2O2. The number of amides is 1. The van der Waals surface area contributed by atoms with Crippen molar-refractivity contribution in [1.29, 1.82) is 0 Å². The molecule has 1 rings (SSSR count). The number of benzene rings is 1. The molecule has 0 bridgehead atoms. The van der Waals surface area contributed by atoms with E-state index in [0.717, 1.165) is 24.4 Å². The van der Waals surface area contributed by atoms with Crippen LogP contribution >= 0.6 is 0 Å². The zero-order chi connectivity index (χ0) is 16.9. The Morgan fingerprint density at radius 3 is 2.70 bits per heavy atom. The number of ether oxygens (including phenoxy) is 1. The van der Waals surface area contributed by atoms with Gasteiger partial charge in [0.05, 0.1) is 13.2 Å². The SMILES string of the molecule is CCCCCCCNC(=O)CNc1cccc(OCC(C)C)c1. The van der Waals surface area contributed by atoms with E-state index >= 15 is 0 Å². The fourth-order valence-electron chi connectivity index (χ4n) is 2.16. The number of carbonyl (C=O) groups excluding carboxylic acids is 1. The Hall–Kier alpha value is -1.71. The van der Waals surface area contributed by atoms with Crippen molar-refractivity contribution in [2.24, 2.45) is 5.92 Å². The minimum atomic E-state index is 0.0361. The lowest BCUT2D eigenvalue weighted by molar-refractivity contribution is -0.119. The Morgan fingerprint density at radius 1 is 1.17 bits per heavy atom. The molecule has 0 heterocycles. The van der Waals surface area contributed by atoms with Gasteiger partial charge in [-0.3, -0.25) is 4.79 Å². The minimum absolute atomic E-state index is 0.0361. The summed E-state index contributed by atoms with van der Waals surface area (Å²) in [5, 5.41) is 6.09. The summed E-state index contributed by atoms with van der Waals surface area (Å²) in [5.41, 5.74) is 0.907. The third-order valence-corrected chi connectivity index (χ3v) is 3.47. The number of hydrogen-bond donors (Lipinski definition) is 2. The first-order chi connectivity index (χ1) is 11.1. The van der Waals surface area contributed by atoms with Crippen molar-refractivity contribution < 1.29 is 9.53 Å². The van der Waals surface area contributed by atoms with Gasteiger partial charge in [-0.2, -0.15) is 0 Å². The Bertz CT molecular complexity index is 447. The molecule has 0 fully saturated rings. The molecule has 0 aliphatic carbocycles. The first-order valence-electron chi connectivity index (χ1n) is 8.85. The van der Waals surface area contributed by atoms with E-state index in [2.05, 4.69) is 31.4 Å². The number of nitrogens with one attached hydrogen (secondary N) is 2. The van der Waals surface area contributed by atoms with Crippen molar-refractivity contribution in [2.45, 2.75) is 52.9 Å². The largest absolute Gasteiger partial charge is 0.493 e. The summed E-state index contributed by atoms with van der Waals surface area (Å²) >= 11 is 0. The summed E-state index contributed by atoms with van der Waals surface area (Å²) in [6.45, 7) is 8.20. The van der Waals surface area contributed by atoms with E-state index in [-0.39, 0.29) is 5.91 Å². The van der Waals surface area contributed by atoms with Crippen molar-refractivity contribution >= 4 is 11.6 Å². The number of anilines is 1. The molecule has 0 radical (unpaired) electrons. The highest BCUT2D eigenvalue weighted by atomic mass is 16.5. The summed E-state index contributed by atoms with van der Waals surface area (Å²) in [5.74, 6) is 1.36. The summed E-state index contributed by atoms with van der Waals surface area (Å²) < 4.78 is 5.69. The molecule has 1 aromatic rings. The van der Waals surface area contributed by atoms with E-state index in [1.54, 1.807) is 0 Å². The molecule has 4 nitrogen and oxygen atoms in total. The summed E-state index contributed by atoms with van der Waals surface area (Å²) in [4.78, 5) is 11.8. The highest BCUT2D eigenvalue weighted by Crippen LogP contribution is 2.17. The van der Waals surface area contributed by atoms with Crippen LogP contribution in [0.25, 0.3) is 0 Å². The molecule has 0 saturated carbocycles. The quantitative estimate of drug-likeness (QED) is 0.567. The lowest BCUT2D eigenvalue weighted by Crippen LogP contribution is -2.30. The van der Waals surface area contributed by atoms with Gasteiger partial charge in [-0.05, 0) is 24.5 Å². The monoisotopic (exact) mass is 320 g/mol. The molecule has 23 heavy (non-hydrogen) atoms. The molecule has 1 amide bonds. The lowest BCUT2D eigenvalue weighted by Gasteiger charge is -2.11. The molecule has 0 saturated heterocycles. The third-order valence-electron chi connectivity index (χ3n) is 3.47. The van der Waals surface area contributed by atoms with Crippen LogP contribution in [0.4, 0.5) is 5.69 Å². The van der Waals surface area contributed by atoms with Crippen LogP contribution in [0.1, 0.15) is 52.9 Å². The van der Waals surface area contributed by atoms with E-state index in [0.29, 0.717) is 19.1 Å². The predicted octanol–water partition coefficient (Wildman–Crippen LogP) is 4.22. The van der Waals surface area contributed by atoms with Gasteiger partial charge in [-0.1, -0.05) is 52.5 Å². The molecule has 1 aromatic carbocycles. The smallest absolute Gasteiger partial charge is 0.239 e. The fraction of sp³-hybridized carbons (Fsp3) is 0.632. The number of hydrogen-bond acceptors (Lipinski definition) is 3. The number of unbranched alkanes of at least 4 members (excludes halogenated alkanes) is 4. The van der Waals surface area contributed by atoms with Crippen LogP contribution in [0, 0.1) is 5.92 Å². The van der Waals surface area contributed by atoms with Crippen LogP contribution in [0.15, 0.2) is 24.3 Å². The van der Waals surface area contributed by atoms with Crippen LogP contribution in [-0.2, 0) is 4.79 Å². The van der Waals surface area contributed by atoms with Crippen molar-refractivity contribution in [2.75, 3.05) is 25.0 Å². The zero-order valence-electron chi connectivity index (χ0n) is 14.9. The average Bonchev–Trinajstić information content (AvgIpc) is 2.54. The highest BCUT2D eigenvalue weighted by molar-refractivity contribution is 5.80. The lowest BCUT2D eigenvalue weighted by atomic mass is 10.1. The van der Waals surface area contributed by atoms with Crippen molar-refractivity contribution in [3.63, 3.8) is 0 Å². The number of carbonyl (C=O) groups is 1. The van der Waals surface area contributed by atoms with E-state index in [1.807, 2.05) is 24.3 Å². The molecule has 0 aromatic heterocycles. The standard InChI is InChI=1S/C19H32N2O2/c1-4-5-6-7-8-12-20-19(22)14-21-17-10-9-11-18(13-17)23-15-16(2)3/h9-11,13,16,21H,4-8,12,14-15H2,1-3H3,(H,20,22). The molecule has 0 spiro atoms. The van der Waals surface area contributed by atoms with Gasteiger partial charge < -0.3 is 15.4 Å². The first kappa shape index (κ1) is 19.3. The molecule has 2 N–H and O–H groups in total. The van der Waals surface area contributed by atoms with Gasteiger partial charge >= 0.3 is 0 Å². The van der Waals surface area contributed by atoms with E-state index < -0.39 is 0 Å². The van der Waals surface area contributed by atoms with Crippen LogP contribution in [0.2, 0.25) is 0 Å². The maximum absolute atomic E-state index is 11.8. The van der Waals surface area contributed by atoms with Crippen molar-refractivity contribution in [3.8, 4) is 5.75 Å². The predicted molar refractivity (Wildman–Crippen MR) is 97.0 cm³/mol. The number of rotatable bonds is 12. The molecule has 4 heteroatoms. The molecule has 0 aliphatic rings. The summed E-state index contributed by atoms with van der Waals surface area (Å²) in [6, 6.07) is 7.74. The molecule has 0 unspecified atom stereocenters. The zero-order valence-corrected chi connectivity index (χ0v) is 14.9. The van der Waals surface area contributed by atoms with Gasteiger partial charge in [0.15, 0.2) is 0 Å². The molecule has 0 aliphatic heterocycles. The van der Waals surface area contributed by atoms with Gasteiger partial charge in [-0.25, -0.2) is 0 Å². The molecule has 0 atom stereocenters. The maximum Gasteiger partial charge on any atom is 0.239 e. The summed E-state index contributed by atoms with van der Waals surface area (Å²) in [7, 11) is 0. The second kappa shape index (κ2) is 11.8. The fourth-order valence-corrected chi connectivity index (χ4v) is 2.16. The highest BCUT2D eigenvalue weighted by Gasteiger charge is 2.02. The topological polar surface area (TPSA) is 50.4 Å².